The zero-order valence-electron chi connectivity index (χ0n) is 15.1. The molecule has 1 unspecified atom stereocenters. The van der Waals surface area contributed by atoms with E-state index in [9.17, 15) is 14.4 Å². The van der Waals surface area contributed by atoms with Gasteiger partial charge in [-0.05, 0) is 25.7 Å². The Kier molecular flexibility index (Phi) is 5.64. The van der Waals surface area contributed by atoms with Crippen molar-refractivity contribution in [2.75, 3.05) is 6.54 Å². The first-order valence-corrected chi connectivity index (χ1v) is 9.93. The molecule has 1 aliphatic heterocycles. The van der Waals surface area contributed by atoms with Gasteiger partial charge in [0.1, 0.15) is 5.54 Å². The van der Waals surface area contributed by atoms with Gasteiger partial charge >= 0.3 is 0 Å². The number of rotatable bonds is 4. The van der Waals surface area contributed by atoms with Crippen LogP contribution in [0.25, 0.3) is 0 Å². The predicted molar refractivity (Wildman–Crippen MR) is 94.5 cm³/mol. The molecule has 3 aliphatic rings. The summed E-state index contributed by atoms with van der Waals surface area (Å²) in [5.41, 5.74) is 4.70. The normalized spacial score (nSPS) is 27.8. The van der Waals surface area contributed by atoms with Crippen LogP contribution in [0.5, 0.6) is 0 Å². The average molecular weight is 349 g/mol. The molecule has 3 amide bonds. The van der Waals surface area contributed by atoms with Crippen molar-refractivity contribution in [3.63, 3.8) is 0 Å². The highest BCUT2D eigenvalue weighted by Crippen LogP contribution is 2.31. The number of carbonyl (C=O) groups excluding carboxylic acids is 3. The van der Waals surface area contributed by atoms with Crippen molar-refractivity contribution >= 4 is 17.7 Å². The summed E-state index contributed by atoms with van der Waals surface area (Å²) in [5, 5.41) is 2.94. The number of carbonyl (C=O) groups is 3. The van der Waals surface area contributed by atoms with Gasteiger partial charge in [0, 0.05) is 19.0 Å². The van der Waals surface area contributed by atoms with Crippen LogP contribution in [-0.2, 0) is 14.4 Å². The first-order valence-electron chi connectivity index (χ1n) is 9.93. The van der Waals surface area contributed by atoms with Crippen molar-refractivity contribution in [2.45, 2.75) is 88.6 Å². The fraction of sp³-hybridized carbons (Fsp3) is 0.842. The summed E-state index contributed by atoms with van der Waals surface area (Å²) in [5.74, 6) is -0.881. The first-order chi connectivity index (χ1) is 12.0. The summed E-state index contributed by atoms with van der Waals surface area (Å²) >= 11 is 0. The number of nitrogens with two attached hydrogens (primary N) is 1. The van der Waals surface area contributed by atoms with E-state index in [1.54, 1.807) is 0 Å². The average Bonchev–Trinajstić information content (AvgIpc) is 2.81. The van der Waals surface area contributed by atoms with E-state index in [-0.39, 0.29) is 30.2 Å². The van der Waals surface area contributed by atoms with Crippen molar-refractivity contribution in [1.82, 2.24) is 10.2 Å². The highest BCUT2D eigenvalue weighted by molar-refractivity contribution is 5.94. The van der Waals surface area contributed by atoms with E-state index in [4.69, 9.17) is 5.73 Å². The third-order valence-corrected chi connectivity index (χ3v) is 6.34. The third kappa shape index (κ3) is 3.98. The molecule has 0 radical (unpaired) electrons. The van der Waals surface area contributed by atoms with Crippen molar-refractivity contribution in [1.29, 1.82) is 0 Å². The van der Waals surface area contributed by atoms with Crippen LogP contribution in [0.15, 0.2) is 0 Å². The Morgan fingerprint density at radius 1 is 1.00 bits per heavy atom. The molecule has 0 spiro atoms. The van der Waals surface area contributed by atoms with Gasteiger partial charge in [-0.15, -0.1) is 0 Å². The van der Waals surface area contributed by atoms with Crippen LogP contribution in [0.1, 0.15) is 77.0 Å². The minimum atomic E-state index is -0.909. The van der Waals surface area contributed by atoms with E-state index in [0.29, 0.717) is 19.4 Å². The number of hydrogen-bond acceptors (Lipinski definition) is 3. The lowest BCUT2D eigenvalue weighted by molar-refractivity contribution is -0.135. The largest absolute Gasteiger partial charge is 0.368 e. The number of hydrogen-bond donors (Lipinski definition) is 2. The molecule has 140 valence electrons. The molecule has 2 saturated carbocycles. The first kappa shape index (κ1) is 18.2. The molecular formula is C19H31N3O3. The molecule has 0 bridgehead atoms. The molecule has 3 rings (SSSR count). The van der Waals surface area contributed by atoms with Crippen LogP contribution in [-0.4, -0.2) is 40.7 Å². The molecule has 0 aromatic carbocycles. The van der Waals surface area contributed by atoms with Gasteiger partial charge in [0.2, 0.25) is 17.7 Å². The second kappa shape index (κ2) is 7.75. The van der Waals surface area contributed by atoms with E-state index >= 15 is 0 Å². The summed E-state index contributed by atoms with van der Waals surface area (Å²) in [4.78, 5) is 39.1. The predicted octanol–water partition coefficient (Wildman–Crippen LogP) is 1.86. The second-order valence-corrected chi connectivity index (χ2v) is 8.09. The van der Waals surface area contributed by atoms with E-state index in [0.717, 1.165) is 44.9 Å². The quantitative estimate of drug-likeness (QED) is 0.759. The zero-order valence-corrected chi connectivity index (χ0v) is 15.1. The molecule has 3 N–H and O–H groups in total. The Morgan fingerprint density at radius 2 is 1.60 bits per heavy atom. The Labute approximate surface area is 149 Å². The maximum atomic E-state index is 12.8. The smallest absolute Gasteiger partial charge is 0.243 e. The lowest BCUT2D eigenvalue weighted by atomic mass is 9.80. The number of nitrogens with zero attached hydrogens (tertiary/aromatic N) is 1. The standard InChI is InChI=1S/C19H31N3O3/c20-18(25)19(10-6-3-7-11-19)21-17(24)14-12-16(23)22(13-14)15-8-4-1-2-5-9-15/h14-15H,1-13H2,(H2,20,25)(H,21,24). The summed E-state index contributed by atoms with van der Waals surface area (Å²) in [6.07, 6.45) is 11.3. The van der Waals surface area contributed by atoms with Crippen molar-refractivity contribution in [3.05, 3.63) is 0 Å². The number of likely N-dealkylation sites (tertiary alicyclic amines) is 1. The molecule has 0 aromatic rings. The third-order valence-electron chi connectivity index (χ3n) is 6.34. The van der Waals surface area contributed by atoms with Gasteiger partial charge < -0.3 is 16.0 Å². The van der Waals surface area contributed by atoms with Crippen LogP contribution in [0.3, 0.4) is 0 Å². The Balaban J connectivity index is 1.62. The number of amides is 3. The monoisotopic (exact) mass is 349 g/mol. The Morgan fingerprint density at radius 3 is 2.20 bits per heavy atom. The molecule has 3 fully saturated rings. The minimum absolute atomic E-state index is 0.0869. The van der Waals surface area contributed by atoms with E-state index in [2.05, 4.69) is 5.32 Å². The van der Waals surface area contributed by atoms with Crippen LogP contribution in [0.4, 0.5) is 0 Å². The van der Waals surface area contributed by atoms with Gasteiger partial charge in [0.15, 0.2) is 0 Å². The second-order valence-electron chi connectivity index (χ2n) is 8.09. The van der Waals surface area contributed by atoms with Crippen LogP contribution in [0, 0.1) is 5.92 Å². The van der Waals surface area contributed by atoms with E-state index in [1.165, 1.54) is 12.8 Å². The molecule has 1 atom stereocenters. The van der Waals surface area contributed by atoms with Crippen LogP contribution < -0.4 is 11.1 Å². The topological polar surface area (TPSA) is 92.5 Å². The molecule has 0 aromatic heterocycles. The van der Waals surface area contributed by atoms with Gasteiger partial charge in [0.05, 0.1) is 5.92 Å². The molecule has 2 aliphatic carbocycles. The van der Waals surface area contributed by atoms with Gasteiger partial charge in [0.25, 0.3) is 0 Å². The van der Waals surface area contributed by atoms with Crippen molar-refractivity contribution < 1.29 is 14.4 Å². The SMILES string of the molecule is NC(=O)C1(NC(=O)C2CC(=O)N(C3CCCCCC3)C2)CCCCC1. The summed E-state index contributed by atoms with van der Waals surface area (Å²) in [6.45, 7) is 0.490. The minimum Gasteiger partial charge on any atom is -0.368 e. The highest BCUT2D eigenvalue weighted by atomic mass is 16.2. The van der Waals surface area contributed by atoms with Gasteiger partial charge in [-0.25, -0.2) is 0 Å². The fourth-order valence-electron chi connectivity index (χ4n) is 4.76. The van der Waals surface area contributed by atoms with Crippen molar-refractivity contribution in [3.8, 4) is 0 Å². The number of primary amides is 1. The maximum absolute atomic E-state index is 12.8. The highest BCUT2D eigenvalue weighted by Gasteiger charge is 2.43. The van der Waals surface area contributed by atoms with E-state index < -0.39 is 11.4 Å². The Bertz CT molecular complexity index is 520. The fourth-order valence-corrected chi connectivity index (χ4v) is 4.76. The van der Waals surface area contributed by atoms with Gasteiger partial charge in [-0.3, -0.25) is 14.4 Å². The molecule has 6 nitrogen and oxygen atoms in total. The molecule has 6 heteroatoms. The van der Waals surface area contributed by atoms with Crippen molar-refractivity contribution in [2.24, 2.45) is 11.7 Å². The summed E-state index contributed by atoms with van der Waals surface area (Å²) in [6, 6.07) is 0.285. The summed E-state index contributed by atoms with van der Waals surface area (Å²) in [7, 11) is 0. The van der Waals surface area contributed by atoms with Crippen LogP contribution >= 0.6 is 0 Å². The molecule has 1 saturated heterocycles. The van der Waals surface area contributed by atoms with Crippen LogP contribution in [0.2, 0.25) is 0 Å². The van der Waals surface area contributed by atoms with Gasteiger partial charge in [-0.2, -0.15) is 0 Å². The van der Waals surface area contributed by atoms with E-state index in [1.807, 2.05) is 4.90 Å². The zero-order chi connectivity index (χ0) is 17.9. The molecule has 1 heterocycles. The van der Waals surface area contributed by atoms with Gasteiger partial charge in [-0.1, -0.05) is 44.9 Å². The number of nitrogens with one attached hydrogen (secondary N) is 1. The maximum Gasteiger partial charge on any atom is 0.243 e. The Hall–Kier alpha value is -1.59. The lowest BCUT2D eigenvalue weighted by Gasteiger charge is -2.36. The summed E-state index contributed by atoms with van der Waals surface area (Å²) < 4.78 is 0. The molecular weight excluding hydrogens is 318 g/mol. The molecule has 25 heavy (non-hydrogen) atoms. The lowest BCUT2D eigenvalue weighted by Crippen LogP contribution is -2.59.